The molecule has 5 atom stereocenters. The summed E-state index contributed by atoms with van der Waals surface area (Å²) in [5.41, 5.74) is 0.585. The highest BCUT2D eigenvalue weighted by Gasteiger charge is 2.34. The fourth-order valence-corrected chi connectivity index (χ4v) is 6.91. The second-order valence-electron chi connectivity index (χ2n) is 16.0. The van der Waals surface area contributed by atoms with Crippen molar-refractivity contribution in [1.29, 1.82) is 0 Å². The zero-order valence-corrected chi connectivity index (χ0v) is 32.6. The van der Waals surface area contributed by atoms with Gasteiger partial charge in [0.2, 0.25) is 17.7 Å². The van der Waals surface area contributed by atoms with Crippen LogP contribution in [0.25, 0.3) is 0 Å². The molecule has 1 heterocycles. The van der Waals surface area contributed by atoms with E-state index in [0.29, 0.717) is 25.0 Å². The number of imidazole rings is 1. The first-order valence-corrected chi connectivity index (χ1v) is 19.4. The van der Waals surface area contributed by atoms with E-state index in [1.54, 1.807) is 27.0 Å². The summed E-state index contributed by atoms with van der Waals surface area (Å²) in [6.07, 6.45) is 7.89. The number of nitrogens with zero attached hydrogens (tertiary/aromatic N) is 1. The lowest BCUT2D eigenvalue weighted by molar-refractivity contribution is -0.137. The molecule has 2 aromatic rings. The van der Waals surface area contributed by atoms with E-state index in [1.165, 1.54) is 6.33 Å². The van der Waals surface area contributed by atoms with E-state index in [1.807, 2.05) is 44.2 Å². The van der Waals surface area contributed by atoms with Crippen molar-refractivity contribution in [2.75, 3.05) is 6.54 Å². The van der Waals surface area contributed by atoms with Crippen molar-refractivity contribution in [3.8, 4) is 0 Å². The quantitative estimate of drug-likeness (QED) is 0.0898. The van der Waals surface area contributed by atoms with E-state index in [-0.39, 0.29) is 50.0 Å². The number of aliphatic carboxylic acids is 1. The van der Waals surface area contributed by atoms with Crippen LogP contribution in [0.4, 0.5) is 4.79 Å². The van der Waals surface area contributed by atoms with Gasteiger partial charge in [-0.05, 0) is 63.9 Å². The molecule has 4 amide bonds. The number of benzene rings is 1. The summed E-state index contributed by atoms with van der Waals surface area (Å²) in [5.74, 6) is -2.47. The second-order valence-corrected chi connectivity index (χ2v) is 16.0. The van der Waals surface area contributed by atoms with Gasteiger partial charge in [-0.2, -0.15) is 0 Å². The van der Waals surface area contributed by atoms with Gasteiger partial charge in [-0.1, -0.05) is 76.3 Å². The number of alkyl carbamates (subject to hydrolysis) is 1. The third-order valence-corrected chi connectivity index (χ3v) is 9.53. The monoisotopic (exact) mass is 754 g/mol. The Morgan fingerprint density at radius 2 is 1.57 bits per heavy atom. The van der Waals surface area contributed by atoms with E-state index in [4.69, 9.17) is 9.84 Å². The predicted octanol–water partition coefficient (Wildman–Crippen LogP) is 4.42. The highest BCUT2D eigenvalue weighted by Crippen LogP contribution is 2.30. The van der Waals surface area contributed by atoms with Crippen LogP contribution in [-0.2, 0) is 36.8 Å². The van der Waals surface area contributed by atoms with Gasteiger partial charge < -0.3 is 41.2 Å². The Morgan fingerprint density at radius 1 is 0.907 bits per heavy atom. The zero-order chi connectivity index (χ0) is 39.7. The Hall–Kier alpha value is -4.46. The first-order chi connectivity index (χ1) is 25.6. The number of hydrogen-bond acceptors (Lipinski definition) is 8. The number of carboxylic acid groups (broad SMARTS) is 1. The molecule has 1 fully saturated rings. The number of rotatable bonds is 21. The molecule has 1 aromatic heterocycles. The van der Waals surface area contributed by atoms with Crippen LogP contribution in [0.1, 0.15) is 110 Å². The average Bonchev–Trinajstić information content (AvgIpc) is 3.62. The van der Waals surface area contributed by atoms with Crippen LogP contribution in [0.3, 0.4) is 0 Å². The molecule has 300 valence electrons. The predicted molar refractivity (Wildman–Crippen MR) is 204 cm³/mol. The lowest BCUT2D eigenvalue weighted by Gasteiger charge is -2.33. The molecule has 1 saturated carbocycles. The summed E-state index contributed by atoms with van der Waals surface area (Å²) >= 11 is 0. The standard InChI is InChI=1S/C40H62N6O8/c1-26(2)19-29(36(50)42-18-12-17-35(48)49)22-34(47)31(20-27-13-8-6-9-14-27)44-38(52)33(23-30-24-41-25-43-30)45-37(51)32(21-28-15-10-7-11-16-28)46-39(53)54-40(3,4)5/h7,10-11,15-16,24-27,29,31-34,47H,6,8-9,12-14,17-23H2,1-5H3,(H,41,43)(H,42,50)(H,44,52)(H,45,51)(H,46,53)(H,48,49)/t29-,31+,32+,33+,34+/m1/s1. The van der Waals surface area contributed by atoms with Crippen molar-refractivity contribution in [2.45, 2.75) is 141 Å². The molecule has 0 bridgehead atoms. The lowest BCUT2D eigenvalue weighted by Crippen LogP contribution is -2.58. The lowest BCUT2D eigenvalue weighted by atomic mass is 9.81. The van der Waals surface area contributed by atoms with Crippen LogP contribution in [0.15, 0.2) is 42.9 Å². The number of amides is 4. The SMILES string of the molecule is CC(C)C[C@H](C[C@H](O)[C@H](CC1CCCCC1)NC(=O)[C@H](Cc1cnc[nH]1)NC(=O)[C@H](Cc1ccccc1)NC(=O)OC(C)(C)C)C(=O)NCCCC(=O)O. The molecule has 0 saturated heterocycles. The number of aliphatic hydroxyl groups is 1. The van der Waals surface area contributed by atoms with Crippen LogP contribution in [0.2, 0.25) is 0 Å². The van der Waals surface area contributed by atoms with Crippen LogP contribution < -0.4 is 21.3 Å². The highest BCUT2D eigenvalue weighted by molar-refractivity contribution is 5.91. The molecule has 1 aliphatic carbocycles. The highest BCUT2D eigenvalue weighted by atomic mass is 16.6. The summed E-state index contributed by atoms with van der Waals surface area (Å²) in [5, 5.41) is 32.2. The first kappa shape index (κ1) is 43.9. The van der Waals surface area contributed by atoms with Gasteiger partial charge in [0, 0.05) is 43.6 Å². The largest absolute Gasteiger partial charge is 0.481 e. The summed E-state index contributed by atoms with van der Waals surface area (Å²) in [6.45, 7) is 9.36. The minimum atomic E-state index is -1.11. The van der Waals surface area contributed by atoms with Gasteiger partial charge in [0.05, 0.1) is 18.5 Å². The molecule has 0 unspecified atom stereocenters. The van der Waals surface area contributed by atoms with Gasteiger partial charge in [0.1, 0.15) is 17.7 Å². The number of ether oxygens (including phenoxy) is 1. The molecule has 3 rings (SSSR count). The Balaban J connectivity index is 1.85. The molecule has 0 aliphatic heterocycles. The van der Waals surface area contributed by atoms with Gasteiger partial charge in [-0.25, -0.2) is 9.78 Å². The number of nitrogens with one attached hydrogen (secondary N) is 5. The third kappa shape index (κ3) is 16.7. The minimum absolute atomic E-state index is 0.0586. The van der Waals surface area contributed by atoms with E-state index in [9.17, 15) is 29.1 Å². The second kappa shape index (κ2) is 22.0. The van der Waals surface area contributed by atoms with E-state index in [2.05, 4.69) is 31.2 Å². The molecular weight excluding hydrogens is 692 g/mol. The van der Waals surface area contributed by atoms with Crippen molar-refractivity contribution >= 4 is 29.8 Å². The van der Waals surface area contributed by atoms with Crippen molar-refractivity contribution < 1.29 is 38.9 Å². The molecule has 54 heavy (non-hydrogen) atoms. The van der Waals surface area contributed by atoms with Gasteiger partial charge in [0.25, 0.3) is 0 Å². The number of aromatic amines is 1. The summed E-state index contributed by atoms with van der Waals surface area (Å²) in [4.78, 5) is 72.4. The van der Waals surface area contributed by atoms with Gasteiger partial charge in [0.15, 0.2) is 0 Å². The van der Waals surface area contributed by atoms with Gasteiger partial charge in [-0.3, -0.25) is 19.2 Å². The maximum absolute atomic E-state index is 14.3. The van der Waals surface area contributed by atoms with Crippen LogP contribution in [0, 0.1) is 17.8 Å². The molecule has 0 spiro atoms. The van der Waals surface area contributed by atoms with Crippen LogP contribution in [0.5, 0.6) is 0 Å². The van der Waals surface area contributed by atoms with E-state index < -0.39 is 59.6 Å². The topological polar surface area (TPSA) is 212 Å². The zero-order valence-electron chi connectivity index (χ0n) is 32.6. The van der Waals surface area contributed by atoms with Crippen molar-refractivity contribution in [3.63, 3.8) is 0 Å². The number of aromatic nitrogens is 2. The molecule has 1 aliphatic rings. The fourth-order valence-electron chi connectivity index (χ4n) is 6.91. The summed E-state index contributed by atoms with van der Waals surface area (Å²) in [7, 11) is 0. The van der Waals surface area contributed by atoms with E-state index in [0.717, 1.165) is 37.7 Å². The Kier molecular flexibility index (Phi) is 17.9. The van der Waals surface area contributed by atoms with Crippen LogP contribution in [-0.4, -0.2) is 86.3 Å². The molecule has 14 heteroatoms. The molecule has 14 nitrogen and oxygen atoms in total. The molecular formula is C40H62N6O8. The molecule has 0 radical (unpaired) electrons. The van der Waals surface area contributed by atoms with Gasteiger partial charge >= 0.3 is 12.1 Å². The normalized spacial score (nSPS) is 16.4. The summed E-state index contributed by atoms with van der Waals surface area (Å²) in [6, 6.07) is 6.30. The minimum Gasteiger partial charge on any atom is -0.481 e. The fraction of sp³-hybridized carbons (Fsp3) is 0.650. The number of carbonyl (C=O) groups is 5. The number of aliphatic hydroxyl groups excluding tert-OH is 1. The maximum atomic E-state index is 14.3. The smallest absolute Gasteiger partial charge is 0.408 e. The van der Waals surface area contributed by atoms with Crippen molar-refractivity contribution in [3.05, 3.63) is 54.1 Å². The van der Waals surface area contributed by atoms with E-state index >= 15 is 0 Å². The summed E-state index contributed by atoms with van der Waals surface area (Å²) < 4.78 is 5.45. The molecule has 1 aromatic carbocycles. The third-order valence-electron chi connectivity index (χ3n) is 9.53. The van der Waals surface area contributed by atoms with Crippen molar-refractivity contribution in [2.24, 2.45) is 17.8 Å². The number of carbonyl (C=O) groups excluding carboxylic acids is 4. The maximum Gasteiger partial charge on any atom is 0.408 e. The Bertz CT molecular complexity index is 1460. The van der Waals surface area contributed by atoms with Crippen molar-refractivity contribution in [1.82, 2.24) is 31.2 Å². The number of H-pyrrole nitrogens is 1. The Labute approximate surface area is 319 Å². The number of hydrogen-bond donors (Lipinski definition) is 7. The molecule has 7 N–H and O–H groups in total. The average molecular weight is 755 g/mol. The van der Waals surface area contributed by atoms with Crippen LogP contribution >= 0.6 is 0 Å². The Morgan fingerprint density at radius 3 is 2.19 bits per heavy atom. The number of carboxylic acids is 1. The first-order valence-electron chi connectivity index (χ1n) is 19.4. The van der Waals surface area contributed by atoms with Gasteiger partial charge in [-0.15, -0.1) is 0 Å².